The molecule has 4 nitrogen and oxygen atoms in total. The van der Waals surface area contributed by atoms with Crippen molar-refractivity contribution in [3.63, 3.8) is 0 Å². The van der Waals surface area contributed by atoms with Crippen molar-refractivity contribution in [2.45, 2.75) is 12.7 Å². The van der Waals surface area contributed by atoms with Crippen molar-refractivity contribution in [2.75, 3.05) is 12.5 Å². The number of hydrogen-bond acceptors (Lipinski definition) is 5. The van der Waals surface area contributed by atoms with Gasteiger partial charge in [0.2, 0.25) is 6.79 Å². The molecule has 0 aromatic heterocycles. The maximum Gasteiger partial charge on any atom is 1.00 e. The SMILES string of the molecule is Cc1cc2c(cc1CSCC(=O)[O-])OCO2.[Na+]. The standard InChI is InChI=1S/C11H12O4S.Na/c1-7-2-9-10(15-6-14-9)3-8(7)4-16-5-11(12)13;/h2-3H,4-6H2,1H3,(H,12,13);/q;+1/p-1. The largest absolute Gasteiger partial charge is 1.00 e. The average molecular weight is 262 g/mol. The number of aliphatic carboxylic acids is 1. The fourth-order valence-electron chi connectivity index (χ4n) is 1.49. The number of carbonyl (C=O) groups excluding carboxylic acids is 1. The molecule has 0 fully saturated rings. The van der Waals surface area contributed by atoms with Crippen LogP contribution in [0.4, 0.5) is 0 Å². The van der Waals surface area contributed by atoms with Crippen LogP contribution in [0.25, 0.3) is 0 Å². The molecule has 1 aromatic rings. The van der Waals surface area contributed by atoms with E-state index < -0.39 is 5.97 Å². The third-order valence-electron chi connectivity index (χ3n) is 2.31. The Hall–Kier alpha value is -0.360. The second-order valence-electron chi connectivity index (χ2n) is 3.50. The normalized spacial score (nSPS) is 12.1. The molecule has 0 bridgehead atoms. The first kappa shape index (κ1) is 14.7. The summed E-state index contributed by atoms with van der Waals surface area (Å²) in [5.41, 5.74) is 2.14. The Balaban J connectivity index is 0.00000144. The van der Waals surface area contributed by atoms with Crippen LogP contribution in [0.2, 0.25) is 0 Å². The minimum Gasteiger partial charge on any atom is -0.549 e. The van der Waals surface area contributed by atoms with Gasteiger partial charge in [0.05, 0.1) is 5.97 Å². The zero-order valence-corrected chi connectivity index (χ0v) is 12.6. The molecule has 86 valence electrons. The van der Waals surface area contributed by atoms with E-state index in [1.165, 1.54) is 11.8 Å². The zero-order chi connectivity index (χ0) is 11.5. The molecule has 1 aromatic carbocycles. The van der Waals surface area contributed by atoms with Crippen LogP contribution >= 0.6 is 11.8 Å². The molecule has 0 N–H and O–H groups in total. The van der Waals surface area contributed by atoms with Crippen LogP contribution in [0.15, 0.2) is 12.1 Å². The van der Waals surface area contributed by atoms with Crippen molar-refractivity contribution in [3.05, 3.63) is 23.3 Å². The Morgan fingerprint density at radius 2 is 2.06 bits per heavy atom. The maximum atomic E-state index is 10.3. The van der Waals surface area contributed by atoms with E-state index in [9.17, 15) is 9.90 Å². The summed E-state index contributed by atoms with van der Waals surface area (Å²) >= 11 is 1.32. The predicted molar refractivity (Wildman–Crippen MR) is 58.5 cm³/mol. The van der Waals surface area contributed by atoms with E-state index in [1.54, 1.807) is 0 Å². The second kappa shape index (κ2) is 6.54. The number of aryl methyl sites for hydroxylation is 1. The van der Waals surface area contributed by atoms with Gasteiger partial charge >= 0.3 is 29.6 Å². The van der Waals surface area contributed by atoms with Gasteiger partial charge in [-0.3, -0.25) is 0 Å². The molecule has 1 aliphatic rings. The minimum atomic E-state index is -1.04. The van der Waals surface area contributed by atoms with E-state index >= 15 is 0 Å². The van der Waals surface area contributed by atoms with Gasteiger partial charge in [0.1, 0.15) is 0 Å². The van der Waals surface area contributed by atoms with Crippen molar-refractivity contribution in [2.24, 2.45) is 0 Å². The van der Waals surface area contributed by atoms with Gasteiger partial charge < -0.3 is 19.4 Å². The molecule has 0 unspecified atom stereocenters. The maximum absolute atomic E-state index is 10.3. The Labute approximate surface area is 126 Å². The molecule has 0 atom stereocenters. The number of hydrogen-bond donors (Lipinski definition) is 0. The fraction of sp³-hybridized carbons (Fsp3) is 0.364. The first-order valence-electron chi connectivity index (χ1n) is 4.83. The number of fused-ring (bicyclic) bond motifs is 1. The Bertz CT molecular complexity index is 422. The van der Waals surface area contributed by atoms with Crippen LogP contribution < -0.4 is 44.1 Å². The number of carboxylic acid groups (broad SMARTS) is 1. The summed E-state index contributed by atoms with van der Waals surface area (Å²) in [6.07, 6.45) is 0. The van der Waals surface area contributed by atoms with Gasteiger partial charge in [0.25, 0.3) is 0 Å². The average Bonchev–Trinajstić information content (AvgIpc) is 2.64. The molecule has 0 amide bonds. The molecule has 0 saturated heterocycles. The summed E-state index contributed by atoms with van der Waals surface area (Å²) in [5.74, 6) is 1.09. The Kier molecular flexibility index (Phi) is 5.66. The van der Waals surface area contributed by atoms with Crippen molar-refractivity contribution in [1.29, 1.82) is 0 Å². The molecule has 17 heavy (non-hydrogen) atoms. The molecule has 1 aliphatic heterocycles. The predicted octanol–water partition coefficient (Wildman–Crippen LogP) is -2.29. The third kappa shape index (κ3) is 3.81. The van der Waals surface area contributed by atoms with Gasteiger partial charge in [-0.1, -0.05) is 0 Å². The zero-order valence-electron chi connectivity index (χ0n) is 9.82. The topological polar surface area (TPSA) is 58.6 Å². The van der Waals surface area contributed by atoms with Crippen molar-refractivity contribution >= 4 is 17.7 Å². The van der Waals surface area contributed by atoms with Gasteiger partial charge in [0, 0.05) is 11.5 Å². The van der Waals surface area contributed by atoms with Crippen LogP contribution in [-0.4, -0.2) is 18.5 Å². The van der Waals surface area contributed by atoms with E-state index in [1.807, 2.05) is 19.1 Å². The van der Waals surface area contributed by atoms with E-state index in [0.29, 0.717) is 5.75 Å². The molecule has 0 aliphatic carbocycles. The van der Waals surface area contributed by atoms with Gasteiger partial charge in [-0.25, -0.2) is 0 Å². The quantitative estimate of drug-likeness (QED) is 0.572. The van der Waals surface area contributed by atoms with E-state index in [0.717, 1.165) is 22.6 Å². The monoisotopic (exact) mass is 262 g/mol. The smallest absolute Gasteiger partial charge is 0.549 e. The number of rotatable bonds is 4. The summed E-state index contributed by atoms with van der Waals surface area (Å²) in [4.78, 5) is 10.3. The molecule has 2 rings (SSSR count). The van der Waals surface area contributed by atoms with Crippen molar-refractivity contribution < 1.29 is 48.9 Å². The number of ether oxygens (including phenoxy) is 2. The summed E-state index contributed by atoms with van der Waals surface area (Å²) in [6, 6.07) is 3.82. The number of carbonyl (C=O) groups is 1. The fourth-order valence-corrected chi connectivity index (χ4v) is 2.29. The number of benzene rings is 1. The van der Waals surface area contributed by atoms with Crippen molar-refractivity contribution in [3.8, 4) is 11.5 Å². The molecular weight excluding hydrogens is 251 g/mol. The molecule has 0 spiro atoms. The van der Waals surface area contributed by atoms with E-state index in [2.05, 4.69) is 0 Å². The van der Waals surface area contributed by atoms with Crippen LogP contribution in [0.1, 0.15) is 11.1 Å². The number of thioether (sulfide) groups is 1. The van der Waals surface area contributed by atoms with E-state index in [-0.39, 0.29) is 42.1 Å². The van der Waals surface area contributed by atoms with Crippen LogP contribution in [-0.2, 0) is 10.5 Å². The summed E-state index contributed by atoms with van der Waals surface area (Å²) in [7, 11) is 0. The Morgan fingerprint density at radius 1 is 1.41 bits per heavy atom. The van der Waals surface area contributed by atoms with E-state index in [4.69, 9.17) is 9.47 Å². The molecular formula is C11H11NaO4S. The molecule has 0 radical (unpaired) electrons. The second-order valence-corrected chi connectivity index (χ2v) is 4.48. The van der Waals surface area contributed by atoms with Crippen LogP contribution in [0.3, 0.4) is 0 Å². The minimum absolute atomic E-state index is 0. The number of carboxylic acids is 1. The first-order valence-corrected chi connectivity index (χ1v) is 5.99. The van der Waals surface area contributed by atoms with Crippen molar-refractivity contribution in [1.82, 2.24) is 0 Å². The van der Waals surface area contributed by atoms with Gasteiger partial charge in [-0.05, 0) is 30.2 Å². The van der Waals surface area contributed by atoms with Gasteiger partial charge in [-0.2, -0.15) is 11.8 Å². The third-order valence-corrected chi connectivity index (χ3v) is 3.26. The van der Waals surface area contributed by atoms with Gasteiger partial charge in [-0.15, -0.1) is 0 Å². The summed E-state index contributed by atoms with van der Waals surface area (Å²) in [5, 5.41) is 10.3. The molecule has 1 heterocycles. The Morgan fingerprint density at radius 3 is 2.71 bits per heavy atom. The first-order chi connectivity index (χ1) is 7.66. The summed E-state index contributed by atoms with van der Waals surface area (Å²) in [6.45, 7) is 2.22. The summed E-state index contributed by atoms with van der Waals surface area (Å²) < 4.78 is 10.5. The molecule has 0 saturated carbocycles. The molecule has 6 heteroatoms. The van der Waals surface area contributed by atoms with Gasteiger partial charge in [0.15, 0.2) is 11.5 Å². The van der Waals surface area contributed by atoms with Crippen LogP contribution in [0.5, 0.6) is 11.5 Å². The van der Waals surface area contributed by atoms with Crippen LogP contribution in [0, 0.1) is 6.92 Å².